The smallest absolute Gasteiger partial charge is 0.269 e. The highest BCUT2D eigenvalue weighted by molar-refractivity contribution is 5.92. The molecule has 0 radical (unpaired) electrons. The highest BCUT2D eigenvalue weighted by Gasteiger charge is 2.22. The molecule has 0 saturated carbocycles. The third-order valence-corrected chi connectivity index (χ3v) is 5.19. The van der Waals surface area contributed by atoms with E-state index in [1.807, 2.05) is 13.1 Å². The fraction of sp³-hybridized carbons (Fsp3) is 0.400. The number of nitrogens with one attached hydrogen (secondary N) is 1. The molecular formula is C20H24N6O. The van der Waals surface area contributed by atoms with Gasteiger partial charge in [0, 0.05) is 32.5 Å². The topological polar surface area (TPSA) is 77.6 Å². The van der Waals surface area contributed by atoms with Gasteiger partial charge in [-0.1, -0.05) is 30.3 Å². The van der Waals surface area contributed by atoms with E-state index in [2.05, 4.69) is 49.3 Å². The van der Waals surface area contributed by atoms with Gasteiger partial charge in [-0.2, -0.15) is 0 Å². The van der Waals surface area contributed by atoms with E-state index in [0.717, 1.165) is 50.3 Å². The van der Waals surface area contributed by atoms with Crippen LogP contribution in [0.15, 0.2) is 42.9 Å². The molecule has 27 heavy (non-hydrogen) atoms. The molecule has 4 rings (SSSR count). The van der Waals surface area contributed by atoms with Gasteiger partial charge >= 0.3 is 0 Å². The van der Waals surface area contributed by atoms with Gasteiger partial charge in [0.25, 0.3) is 5.91 Å². The Labute approximate surface area is 158 Å². The van der Waals surface area contributed by atoms with Crippen LogP contribution in [0.1, 0.15) is 40.5 Å². The average molecular weight is 364 g/mol. The molecule has 7 nitrogen and oxygen atoms in total. The molecule has 7 heteroatoms. The lowest BCUT2D eigenvalue weighted by molar-refractivity contribution is 0.0924. The van der Waals surface area contributed by atoms with Gasteiger partial charge in [-0.05, 0) is 24.8 Å². The Balaban J connectivity index is 1.38. The number of carbonyl (C=O) groups excluding carboxylic acids is 1. The van der Waals surface area contributed by atoms with Gasteiger partial charge in [-0.25, -0.2) is 4.98 Å². The van der Waals surface area contributed by atoms with Crippen molar-refractivity contribution in [3.05, 3.63) is 65.8 Å². The van der Waals surface area contributed by atoms with Gasteiger partial charge in [0.1, 0.15) is 17.3 Å². The molecule has 1 aromatic carbocycles. The third kappa shape index (κ3) is 3.92. The number of amides is 1. The maximum Gasteiger partial charge on any atom is 0.269 e. The lowest BCUT2D eigenvalue weighted by atomic mass is 10.1. The van der Waals surface area contributed by atoms with Gasteiger partial charge in [0.05, 0.1) is 12.5 Å². The molecule has 140 valence electrons. The van der Waals surface area contributed by atoms with Crippen LogP contribution in [0.25, 0.3) is 0 Å². The highest BCUT2D eigenvalue weighted by atomic mass is 16.2. The van der Waals surface area contributed by atoms with E-state index < -0.39 is 0 Å². The SMILES string of the molecule is Cn1cncc1C(=O)NC1CCc2nnc(CCc3ccccc3)n2CC1. The Kier molecular flexibility index (Phi) is 5.00. The largest absolute Gasteiger partial charge is 0.348 e. The molecule has 0 spiro atoms. The maximum atomic E-state index is 12.4. The molecule has 2 aromatic heterocycles. The average Bonchev–Trinajstić information content (AvgIpc) is 3.23. The van der Waals surface area contributed by atoms with Crippen LogP contribution in [0, 0.1) is 0 Å². The first kappa shape index (κ1) is 17.5. The summed E-state index contributed by atoms with van der Waals surface area (Å²) in [5.74, 6) is 1.99. The van der Waals surface area contributed by atoms with Crippen LogP contribution in [0.5, 0.6) is 0 Å². The van der Waals surface area contributed by atoms with Crippen LogP contribution in [0.4, 0.5) is 0 Å². The van der Waals surface area contributed by atoms with Crippen molar-refractivity contribution in [1.29, 1.82) is 0 Å². The minimum absolute atomic E-state index is 0.0676. The van der Waals surface area contributed by atoms with Gasteiger partial charge in [-0.15, -0.1) is 10.2 Å². The lowest BCUT2D eigenvalue weighted by Crippen LogP contribution is -2.36. The van der Waals surface area contributed by atoms with E-state index in [-0.39, 0.29) is 11.9 Å². The molecular weight excluding hydrogens is 340 g/mol. The second kappa shape index (κ2) is 7.73. The number of aromatic nitrogens is 5. The summed E-state index contributed by atoms with van der Waals surface area (Å²) in [4.78, 5) is 16.5. The standard InChI is InChI=1S/C20H24N6O/c1-25-14-21-13-17(25)20(27)22-16-8-10-19-24-23-18(26(19)12-11-16)9-7-15-5-3-2-4-6-15/h2-6,13-14,16H,7-12H2,1H3,(H,22,27). The summed E-state index contributed by atoms with van der Waals surface area (Å²) in [6.45, 7) is 0.836. The number of fused-ring (bicyclic) bond motifs is 1. The summed E-state index contributed by atoms with van der Waals surface area (Å²) < 4.78 is 3.97. The third-order valence-electron chi connectivity index (χ3n) is 5.19. The molecule has 1 N–H and O–H groups in total. The quantitative estimate of drug-likeness (QED) is 0.750. The van der Waals surface area contributed by atoms with Gasteiger partial charge in [-0.3, -0.25) is 4.79 Å². The highest BCUT2D eigenvalue weighted by Crippen LogP contribution is 2.17. The van der Waals surface area contributed by atoms with Crippen molar-refractivity contribution in [3.8, 4) is 0 Å². The fourth-order valence-corrected chi connectivity index (χ4v) is 3.61. The minimum Gasteiger partial charge on any atom is -0.348 e. The van der Waals surface area contributed by atoms with E-state index in [4.69, 9.17) is 0 Å². The minimum atomic E-state index is -0.0676. The summed E-state index contributed by atoms with van der Waals surface area (Å²) in [5, 5.41) is 11.9. The van der Waals surface area contributed by atoms with Crippen molar-refractivity contribution in [1.82, 2.24) is 29.6 Å². The van der Waals surface area contributed by atoms with E-state index in [1.165, 1.54) is 5.56 Å². The van der Waals surface area contributed by atoms with Crippen LogP contribution < -0.4 is 5.32 Å². The van der Waals surface area contributed by atoms with Crippen molar-refractivity contribution in [2.75, 3.05) is 0 Å². The zero-order valence-electron chi connectivity index (χ0n) is 15.5. The summed E-state index contributed by atoms with van der Waals surface area (Å²) in [5.41, 5.74) is 1.90. The van der Waals surface area contributed by atoms with E-state index >= 15 is 0 Å². The van der Waals surface area contributed by atoms with E-state index in [9.17, 15) is 4.79 Å². The molecule has 3 heterocycles. The summed E-state index contributed by atoms with van der Waals surface area (Å²) in [6.07, 6.45) is 7.66. The zero-order chi connectivity index (χ0) is 18.6. The first-order valence-electron chi connectivity index (χ1n) is 9.43. The van der Waals surface area contributed by atoms with Crippen molar-refractivity contribution in [2.24, 2.45) is 7.05 Å². The number of hydrogen-bond donors (Lipinski definition) is 1. The molecule has 1 amide bonds. The Morgan fingerprint density at radius 1 is 1.19 bits per heavy atom. The van der Waals surface area contributed by atoms with Crippen LogP contribution in [0.2, 0.25) is 0 Å². The second-order valence-corrected chi connectivity index (χ2v) is 7.06. The van der Waals surface area contributed by atoms with Gasteiger partial charge in [0.15, 0.2) is 0 Å². The van der Waals surface area contributed by atoms with Crippen molar-refractivity contribution < 1.29 is 4.79 Å². The Hall–Kier alpha value is -2.96. The lowest BCUT2D eigenvalue weighted by Gasteiger charge is -2.16. The van der Waals surface area contributed by atoms with E-state index in [1.54, 1.807) is 17.1 Å². The normalized spacial score (nSPS) is 16.6. The molecule has 1 aliphatic rings. The summed E-state index contributed by atoms with van der Waals surface area (Å²) in [6, 6.07) is 10.6. The molecule has 0 saturated heterocycles. The van der Waals surface area contributed by atoms with Gasteiger partial charge < -0.3 is 14.5 Å². The number of rotatable bonds is 5. The fourth-order valence-electron chi connectivity index (χ4n) is 3.61. The van der Waals surface area contributed by atoms with Crippen LogP contribution in [-0.2, 0) is 32.9 Å². The first-order valence-corrected chi connectivity index (χ1v) is 9.43. The Morgan fingerprint density at radius 2 is 2.04 bits per heavy atom. The number of benzene rings is 1. The van der Waals surface area contributed by atoms with E-state index in [0.29, 0.717) is 5.69 Å². The Morgan fingerprint density at radius 3 is 2.81 bits per heavy atom. The monoisotopic (exact) mass is 364 g/mol. The molecule has 0 aliphatic carbocycles. The number of hydrogen-bond acceptors (Lipinski definition) is 4. The van der Waals surface area contributed by atoms with Crippen molar-refractivity contribution >= 4 is 5.91 Å². The Bertz CT molecular complexity index is 914. The molecule has 1 atom stereocenters. The first-order chi connectivity index (χ1) is 13.2. The van der Waals surface area contributed by atoms with Crippen molar-refractivity contribution in [3.63, 3.8) is 0 Å². The molecule has 1 unspecified atom stereocenters. The van der Waals surface area contributed by atoms with Crippen LogP contribution in [0.3, 0.4) is 0 Å². The summed E-state index contributed by atoms with van der Waals surface area (Å²) >= 11 is 0. The van der Waals surface area contributed by atoms with Crippen LogP contribution >= 0.6 is 0 Å². The molecule has 0 fully saturated rings. The van der Waals surface area contributed by atoms with Crippen LogP contribution in [-0.4, -0.2) is 36.3 Å². The predicted molar refractivity (Wildman–Crippen MR) is 101 cm³/mol. The maximum absolute atomic E-state index is 12.4. The predicted octanol–water partition coefficient (Wildman–Crippen LogP) is 1.93. The number of aryl methyl sites for hydroxylation is 4. The number of imidazole rings is 1. The molecule has 3 aromatic rings. The molecule has 0 bridgehead atoms. The number of carbonyl (C=O) groups is 1. The van der Waals surface area contributed by atoms with Gasteiger partial charge in [0.2, 0.25) is 0 Å². The zero-order valence-corrected chi connectivity index (χ0v) is 15.5. The number of nitrogens with zero attached hydrogens (tertiary/aromatic N) is 5. The second-order valence-electron chi connectivity index (χ2n) is 7.06. The molecule has 1 aliphatic heterocycles. The summed E-state index contributed by atoms with van der Waals surface area (Å²) in [7, 11) is 1.83. The van der Waals surface area contributed by atoms with Crippen molar-refractivity contribution in [2.45, 2.75) is 44.7 Å².